The van der Waals surface area contributed by atoms with Crippen molar-refractivity contribution in [2.45, 2.75) is 20.4 Å². The summed E-state index contributed by atoms with van der Waals surface area (Å²) in [6.45, 7) is 4.57. The average molecular weight is 308 g/mol. The highest BCUT2D eigenvalue weighted by Gasteiger charge is 2.14. The Morgan fingerprint density at radius 3 is 2.67 bits per heavy atom. The first-order chi connectivity index (χ1) is 9.92. The first-order valence-corrected chi connectivity index (χ1v) is 7.21. The lowest BCUT2D eigenvalue weighted by atomic mass is 10.1. The van der Waals surface area contributed by atoms with Crippen LogP contribution in [0.2, 0.25) is 0 Å². The van der Waals surface area contributed by atoms with Crippen LogP contribution >= 0.6 is 11.3 Å². The molecule has 1 heterocycles. The van der Waals surface area contributed by atoms with Crippen LogP contribution in [-0.4, -0.2) is 13.1 Å². The van der Waals surface area contributed by atoms with Crippen LogP contribution in [-0.2, 0) is 11.3 Å². The molecule has 0 unspecified atom stereocenters. The number of nitrogens with two attached hydrogens (primary N) is 1. The molecule has 0 aliphatic heterocycles. The van der Waals surface area contributed by atoms with Gasteiger partial charge in [0.25, 0.3) is 0 Å². The Morgan fingerprint density at radius 2 is 2.10 bits per heavy atom. The fraction of sp³-hybridized carbons (Fsp3) is 0.267. The molecule has 2 aromatic rings. The standard InChI is InChI=1S/C15H17FN2O2S/c1-8-4-10(21-9(8)2)7-18-14-5-11(15(19)20-3)13(17)6-12(14)16/h4-6,18H,7,17H2,1-3H3. The number of hydrogen-bond acceptors (Lipinski definition) is 5. The van der Waals surface area contributed by atoms with Gasteiger partial charge in [0, 0.05) is 22.0 Å². The van der Waals surface area contributed by atoms with Crippen molar-refractivity contribution >= 4 is 28.7 Å². The van der Waals surface area contributed by atoms with Gasteiger partial charge in [-0.2, -0.15) is 0 Å². The smallest absolute Gasteiger partial charge is 0.340 e. The first kappa shape index (κ1) is 15.3. The Morgan fingerprint density at radius 1 is 1.38 bits per heavy atom. The average Bonchev–Trinajstić information content (AvgIpc) is 2.76. The van der Waals surface area contributed by atoms with Crippen LogP contribution in [0.1, 0.15) is 25.7 Å². The lowest BCUT2D eigenvalue weighted by Gasteiger charge is -2.10. The molecule has 0 aliphatic carbocycles. The SMILES string of the molecule is COC(=O)c1cc(NCc2cc(C)c(C)s2)c(F)cc1N. The van der Waals surface area contributed by atoms with Crippen LogP contribution < -0.4 is 11.1 Å². The summed E-state index contributed by atoms with van der Waals surface area (Å²) in [7, 11) is 1.26. The molecule has 0 atom stereocenters. The number of esters is 1. The first-order valence-electron chi connectivity index (χ1n) is 6.39. The predicted molar refractivity (Wildman–Crippen MR) is 83.3 cm³/mol. The third kappa shape index (κ3) is 3.33. The lowest BCUT2D eigenvalue weighted by Crippen LogP contribution is -2.09. The second-order valence-electron chi connectivity index (χ2n) is 4.72. The van der Waals surface area contributed by atoms with E-state index in [1.54, 1.807) is 11.3 Å². The number of hydrogen-bond donors (Lipinski definition) is 2. The summed E-state index contributed by atoms with van der Waals surface area (Å²) < 4.78 is 18.5. The Kier molecular flexibility index (Phi) is 4.47. The van der Waals surface area contributed by atoms with Crippen molar-refractivity contribution in [2.24, 2.45) is 0 Å². The Hall–Kier alpha value is -2.08. The number of anilines is 2. The van der Waals surface area contributed by atoms with Gasteiger partial charge in [0.2, 0.25) is 0 Å². The van der Waals surface area contributed by atoms with Gasteiger partial charge in [-0.3, -0.25) is 0 Å². The molecule has 0 saturated carbocycles. The third-order valence-electron chi connectivity index (χ3n) is 3.21. The maximum Gasteiger partial charge on any atom is 0.340 e. The number of thiophene rings is 1. The van der Waals surface area contributed by atoms with E-state index >= 15 is 0 Å². The van der Waals surface area contributed by atoms with Gasteiger partial charge in [-0.15, -0.1) is 11.3 Å². The lowest BCUT2D eigenvalue weighted by molar-refractivity contribution is 0.0602. The molecule has 0 saturated heterocycles. The van der Waals surface area contributed by atoms with E-state index in [1.165, 1.54) is 23.6 Å². The second-order valence-corrected chi connectivity index (χ2v) is 6.06. The van der Waals surface area contributed by atoms with Crippen LogP contribution in [0.3, 0.4) is 0 Å². The van der Waals surface area contributed by atoms with Crippen LogP contribution in [0.5, 0.6) is 0 Å². The fourth-order valence-electron chi connectivity index (χ4n) is 1.93. The summed E-state index contributed by atoms with van der Waals surface area (Å²) in [5.41, 5.74) is 7.29. The zero-order valence-electron chi connectivity index (χ0n) is 12.1. The number of carbonyl (C=O) groups excluding carboxylic acids is 1. The van der Waals surface area contributed by atoms with Crippen LogP contribution in [0.15, 0.2) is 18.2 Å². The molecule has 0 spiro atoms. The molecule has 0 amide bonds. The molecule has 112 valence electrons. The molecule has 1 aromatic carbocycles. The van der Waals surface area contributed by atoms with E-state index in [1.807, 2.05) is 13.8 Å². The zero-order chi connectivity index (χ0) is 15.6. The Balaban J connectivity index is 2.21. The van der Waals surface area contributed by atoms with E-state index < -0.39 is 11.8 Å². The summed E-state index contributed by atoms with van der Waals surface area (Å²) in [5.74, 6) is -1.08. The van der Waals surface area contributed by atoms with Gasteiger partial charge in [0.1, 0.15) is 5.82 Å². The Labute approximate surface area is 126 Å². The summed E-state index contributed by atoms with van der Waals surface area (Å²) >= 11 is 1.66. The molecule has 2 rings (SSSR count). The minimum Gasteiger partial charge on any atom is -0.465 e. The highest BCUT2D eigenvalue weighted by molar-refractivity contribution is 7.12. The number of aryl methyl sites for hydroxylation is 2. The third-order valence-corrected chi connectivity index (χ3v) is 4.37. The van der Waals surface area contributed by atoms with Crippen molar-refractivity contribution in [3.63, 3.8) is 0 Å². The molecule has 6 heteroatoms. The van der Waals surface area contributed by atoms with Crippen molar-refractivity contribution in [3.05, 3.63) is 44.9 Å². The molecule has 0 radical (unpaired) electrons. The van der Waals surface area contributed by atoms with E-state index in [9.17, 15) is 9.18 Å². The topological polar surface area (TPSA) is 64.3 Å². The van der Waals surface area contributed by atoms with Gasteiger partial charge < -0.3 is 15.8 Å². The number of nitrogens with one attached hydrogen (secondary N) is 1. The van der Waals surface area contributed by atoms with Crippen LogP contribution in [0.25, 0.3) is 0 Å². The van der Waals surface area contributed by atoms with Gasteiger partial charge >= 0.3 is 5.97 Å². The van der Waals surface area contributed by atoms with E-state index in [4.69, 9.17) is 5.73 Å². The molecule has 0 fully saturated rings. The van der Waals surface area contributed by atoms with Crippen LogP contribution in [0.4, 0.5) is 15.8 Å². The number of halogens is 1. The summed E-state index contributed by atoms with van der Waals surface area (Å²) in [5, 5.41) is 2.99. The highest BCUT2D eigenvalue weighted by atomic mass is 32.1. The largest absolute Gasteiger partial charge is 0.465 e. The van der Waals surface area contributed by atoms with E-state index in [2.05, 4.69) is 16.1 Å². The summed E-state index contributed by atoms with van der Waals surface area (Å²) in [6, 6.07) is 4.56. The number of methoxy groups -OCH3 is 1. The van der Waals surface area contributed by atoms with E-state index in [0.717, 1.165) is 10.9 Å². The van der Waals surface area contributed by atoms with Crippen molar-refractivity contribution in [1.29, 1.82) is 0 Å². The number of ether oxygens (including phenoxy) is 1. The number of carbonyl (C=O) groups is 1. The normalized spacial score (nSPS) is 10.5. The predicted octanol–water partition coefficient (Wildman–Crippen LogP) is 3.48. The van der Waals surface area contributed by atoms with Crippen molar-refractivity contribution in [2.75, 3.05) is 18.2 Å². The minimum atomic E-state index is -0.585. The molecule has 4 nitrogen and oxygen atoms in total. The highest BCUT2D eigenvalue weighted by Crippen LogP contribution is 2.25. The number of benzene rings is 1. The molecule has 3 N–H and O–H groups in total. The van der Waals surface area contributed by atoms with Gasteiger partial charge in [0.05, 0.1) is 18.4 Å². The maximum atomic E-state index is 13.9. The molecular weight excluding hydrogens is 291 g/mol. The zero-order valence-corrected chi connectivity index (χ0v) is 12.9. The van der Waals surface area contributed by atoms with Crippen molar-refractivity contribution < 1.29 is 13.9 Å². The molecule has 0 bridgehead atoms. The number of rotatable bonds is 4. The van der Waals surface area contributed by atoms with Gasteiger partial charge in [-0.1, -0.05) is 0 Å². The van der Waals surface area contributed by atoms with Gasteiger partial charge in [-0.05, 0) is 37.6 Å². The fourth-order valence-corrected chi connectivity index (χ4v) is 2.92. The van der Waals surface area contributed by atoms with Crippen LogP contribution in [0, 0.1) is 19.7 Å². The molecule has 21 heavy (non-hydrogen) atoms. The van der Waals surface area contributed by atoms with E-state index in [-0.39, 0.29) is 16.9 Å². The quantitative estimate of drug-likeness (QED) is 0.670. The molecule has 0 aliphatic rings. The Bertz CT molecular complexity index is 663. The molecular formula is C15H17FN2O2S. The van der Waals surface area contributed by atoms with Crippen molar-refractivity contribution in [1.82, 2.24) is 0 Å². The second kappa shape index (κ2) is 6.13. The monoisotopic (exact) mass is 308 g/mol. The number of nitrogen functional groups attached to an aromatic ring is 1. The summed E-state index contributed by atoms with van der Waals surface area (Å²) in [4.78, 5) is 13.9. The minimum absolute atomic E-state index is 0.0627. The van der Waals surface area contributed by atoms with E-state index in [0.29, 0.717) is 6.54 Å². The molecule has 1 aromatic heterocycles. The maximum absolute atomic E-state index is 13.9. The van der Waals surface area contributed by atoms with Crippen molar-refractivity contribution in [3.8, 4) is 0 Å². The van der Waals surface area contributed by atoms with Gasteiger partial charge in [0.15, 0.2) is 0 Å². The van der Waals surface area contributed by atoms with Gasteiger partial charge in [-0.25, -0.2) is 9.18 Å². The summed E-state index contributed by atoms with van der Waals surface area (Å²) in [6.07, 6.45) is 0.